The molecule has 0 radical (unpaired) electrons. The maximum Gasteiger partial charge on any atom is 0.244 e. The fourth-order valence-corrected chi connectivity index (χ4v) is 3.51. The van der Waals surface area contributed by atoms with Crippen LogP contribution >= 0.6 is 24.8 Å². The van der Waals surface area contributed by atoms with Crippen LogP contribution in [0, 0.1) is 26.7 Å². The molecule has 3 rings (SSSR count). The first-order valence-electron chi connectivity index (χ1n) is 8.93. The van der Waals surface area contributed by atoms with Gasteiger partial charge in [-0.25, -0.2) is 9.67 Å². The Balaban J connectivity index is 0.00000182. The van der Waals surface area contributed by atoms with Crippen LogP contribution in [-0.2, 0) is 11.3 Å². The number of aryl methyl sites for hydroxylation is 3. The van der Waals surface area contributed by atoms with Crippen LogP contribution in [0.1, 0.15) is 41.7 Å². The maximum atomic E-state index is 12.8. The quantitative estimate of drug-likeness (QED) is 0.835. The van der Waals surface area contributed by atoms with Gasteiger partial charge < -0.3 is 10.6 Å². The summed E-state index contributed by atoms with van der Waals surface area (Å²) in [5.74, 6) is 2.13. The van der Waals surface area contributed by atoms with Gasteiger partial charge >= 0.3 is 0 Å². The number of benzene rings is 1. The minimum absolute atomic E-state index is 0. The third-order valence-electron chi connectivity index (χ3n) is 4.93. The van der Waals surface area contributed by atoms with E-state index in [-0.39, 0.29) is 30.7 Å². The minimum atomic E-state index is -0.588. The van der Waals surface area contributed by atoms with Crippen molar-refractivity contribution in [3.8, 4) is 0 Å². The topological polar surface area (TPSA) is 77.0 Å². The molecule has 1 aromatic carbocycles. The summed E-state index contributed by atoms with van der Waals surface area (Å²) < 4.78 is 1.95. The highest BCUT2D eigenvalue weighted by Crippen LogP contribution is 2.22. The van der Waals surface area contributed by atoms with E-state index in [0.717, 1.165) is 49.7 Å². The number of nitrogens with zero attached hydrogens (tertiary/aromatic N) is 4. The number of carbonyl (C=O) groups is 1. The third kappa shape index (κ3) is 5.67. The molecule has 1 amide bonds. The van der Waals surface area contributed by atoms with Gasteiger partial charge in [0.2, 0.25) is 5.91 Å². The molecule has 1 aliphatic rings. The standard InChI is InChI=1S/C19H27N5O.2ClH/c1-13-6-8-17(9-7-13)18(20)19(25)23-10-4-5-16(11-23)12-24-15(3)21-14(2)22-24;;/h6-9,16,18H,4-5,10-12,20H2,1-3H3;2*1H. The zero-order valence-corrected chi connectivity index (χ0v) is 17.7. The largest absolute Gasteiger partial charge is 0.341 e. The number of aromatic nitrogens is 3. The highest BCUT2D eigenvalue weighted by molar-refractivity contribution is 5.85. The van der Waals surface area contributed by atoms with Crippen molar-refractivity contribution in [2.75, 3.05) is 13.1 Å². The van der Waals surface area contributed by atoms with Crippen molar-refractivity contribution in [2.45, 2.75) is 46.2 Å². The van der Waals surface area contributed by atoms with Crippen LogP contribution in [0.25, 0.3) is 0 Å². The zero-order valence-electron chi connectivity index (χ0n) is 16.1. The SMILES string of the molecule is Cc1ccc(C(N)C(=O)N2CCCC(Cn3nc(C)nc3C)C2)cc1.Cl.Cl. The number of rotatable bonds is 4. The lowest BCUT2D eigenvalue weighted by Gasteiger charge is -2.34. The van der Waals surface area contributed by atoms with Crippen molar-refractivity contribution >= 4 is 30.7 Å². The third-order valence-corrected chi connectivity index (χ3v) is 4.93. The summed E-state index contributed by atoms with van der Waals surface area (Å²) in [5, 5.41) is 4.44. The van der Waals surface area contributed by atoms with Gasteiger partial charge in [0.25, 0.3) is 0 Å². The van der Waals surface area contributed by atoms with E-state index >= 15 is 0 Å². The molecule has 0 aliphatic carbocycles. The average Bonchev–Trinajstić information content (AvgIpc) is 2.91. The van der Waals surface area contributed by atoms with Crippen LogP contribution in [0.5, 0.6) is 0 Å². The summed E-state index contributed by atoms with van der Waals surface area (Å²) >= 11 is 0. The molecule has 27 heavy (non-hydrogen) atoms. The number of likely N-dealkylation sites (tertiary alicyclic amines) is 1. The maximum absolute atomic E-state index is 12.8. The molecule has 0 saturated carbocycles. The molecule has 2 heterocycles. The molecule has 8 heteroatoms. The van der Waals surface area contributed by atoms with Gasteiger partial charge in [0, 0.05) is 19.6 Å². The normalized spacial score (nSPS) is 17.6. The highest BCUT2D eigenvalue weighted by atomic mass is 35.5. The van der Waals surface area contributed by atoms with Gasteiger partial charge in [-0.3, -0.25) is 4.79 Å². The molecule has 6 nitrogen and oxygen atoms in total. The second-order valence-electron chi connectivity index (χ2n) is 7.07. The van der Waals surface area contributed by atoms with Crippen LogP contribution in [-0.4, -0.2) is 38.7 Å². The lowest BCUT2D eigenvalue weighted by Crippen LogP contribution is -2.45. The smallest absolute Gasteiger partial charge is 0.244 e. The second kappa shape index (κ2) is 10.1. The molecule has 1 fully saturated rings. The molecule has 1 saturated heterocycles. The zero-order chi connectivity index (χ0) is 18.0. The molecule has 1 aromatic heterocycles. The van der Waals surface area contributed by atoms with E-state index in [2.05, 4.69) is 10.1 Å². The fraction of sp³-hybridized carbons (Fsp3) is 0.526. The Labute approximate surface area is 173 Å². The average molecular weight is 414 g/mol. The summed E-state index contributed by atoms with van der Waals surface area (Å²) in [6, 6.07) is 7.30. The molecule has 0 spiro atoms. The van der Waals surface area contributed by atoms with E-state index in [1.165, 1.54) is 5.56 Å². The first kappa shape index (κ1) is 23.4. The lowest BCUT2D eigenvalue weighted by molar-refractivity contribution is -0.134. The second-order valence-corrected chi connectivity index (χ2v) is 7.07. The van der Waals surface area contributed by atoms with Gasteiger partial charge in [0.05, 0.1) is 0 Å². The highest BCUT2D eigenvalue weighted by Gasteiger charge is 2.28. The summed E-state index contributed by atoms with van der Waals surface area (Å²) in [7, 11) is 0. The van der Waals surface area contributed by atoms with Gasteiger partial charge in [0.1, 0.15) is 17.7 Å². The van der Waals surface area contributed by atoms with Crippen molar-refractivity contribution in [3.05, 3.63) is 47.0 Å². The summed E-state index contributed by atoms with van der Waals surface area (Å²) in [6.07, 6.45) is 2.10. The minimum Gasteiger partial charge on any atom is -0.341 e. The van der Waals surface area contributed by atoms with E-state index in [1.807, 2.05) is 54.6 Å². The summed E-state index contributed by atoms with van der Waals surface area (Å²) in [4.78, 5) is 19.1. The van der Waals surface area contributed by atoms with Crippen molar-refractivity contribution in [1.29, 1.82) is 0 Å². The Kier molecular flexibility index (Phi) is 8.72. The van der Waals surface area contributed by atoms with E-state index in [1.54, 1.807) is 0 Å². The number of hydrogen-bond acceptors (Lipinski definition) is 4. The van der Waals surface area contributed by atoms with Gasteiger partial charge in [0.15, 0.2) is 0 Å². The molecular formula is C19H29Cl2N5O. The monoisotopic (exact) mass is 413 g/mol. The number of piperidine rings is 1. The molecule has 1 aliphatic heterocycles. The number of amides is 1. The number of hydrogen-bond donors (Lipinski definition) is 1. The molecular weight excluding hydrogens is 385 g/mol. The molecule has 2 atom stereocenters. The lowest BCUT2D eigenvalue weighted by atomic mass is 9.96. The predicted octanol–water partition coefficient (Wildman–Crippen LogP) is 2.99. The van der Waals surface area contributed by atoms with Crippen LogP contribution in [0.15, 0.2) is 24.3 Å². The predicted molar refractivity (Wildman–Crippen MR) is 111 cm³/mol. The van der Waals surface area contributed by atoms with Gasteiger partial charge in [-0.05, 0) is 45.1 Å². The van der Waals surface area contributed by atoms with Crippen molar-refractivity contribution in [2.24, 2.45) is 11.7 Å². The first-order valence-corrected chi connectivity index (χ1v) is 8.93. The van der Waals surface area contributed by atoms with E-state index in [9.17, 15) is 4.79 Å². The van der Waals surface area contributed by atoms with E-state index in [4.69, 9.17) is 5.73 Å². The summed E-state index contributed by atoms with van der Waals surface area (Å²) in [5.41, 5.74) is 8.27. The van der Waals surface area contributed by atoms with Crippen LogP contribution in [0.2, 0.25) is 0 Å². The van der Waals surface area contributed by atoms with E-state index < -0.39 is 6.04 Å². The Hall–Kier alpha value is -1.63. The summed E-state index contributed by atoms with van der Waals surface area (Å²) in [6.45, 7) is 8.22. The van der Waals surface area contributed by atoms with Crippen molar-refractivity contribution < 1.29 is 4.79 Å². The molecule has 150 valence electrons. The Morgan fingerprint density at radius 3 is 2.48 bits per heavy atom. The Bertz CT molecular complexity index is 747. The Morgan fingerprint density at radius 2 is 1.89 bits per heavy atom. The van der Waals surface area contributed by atoms with Crippen LogP contribution in [0.3, 0.4) is 0 Å². The number of carbonyl (C=O) groups excluding carboxylic acids is 1. The molecule has 2 unspecified atom stereocenters. The molecule has 2 aromatic rings. The van der Waals surface area contributed by atoms with Crippen LogP contribution in [0.4, 0.5) is 0 Å². The van der Waals surface area contributed by atoms with Gasteiger partial charge in [-0.2, -0.15) is 5.10 Å². The first-order chi connectivity index (χ1) is 11.9. The van der Waals surface area contributed by atoms with Crippen LogP contribution < -0.4 is 5.73 Å². The Morgan fingerprint density at radius 1 is 1.22 bits per heavy atom. The number of halogens is 2. The van der Waals surface area contributed by atoms with Gasteiger partial charge in [-0.15, -0.1) is 24.8 Å². The van der Waals surface area contributed by atoms with Crippen molar-refractivity contribution in [1.82, 2.24) is 19.7 Å². The van der Waals surface area contributed by atoms with Gasteiger partial charge in [-0.1, -0.05) is 29.8 Å². The molecule has 2 N–H and O–H groups in total. The molecule has 0 bridgehead atoms. The van der Waals surface area contributed by atoms with Crippen molar-refractivity contribution in [3.63, 3.8) is 0 Å². The number of nitrogens with two attached hydrogens (primary N) is 1. The van der Waals surface area contributed by atoms with E-state index in [0.29, 0.717) is 5.92 Å². The fourth-order valence-electron chi connectivity index (χ4n) is 3.51.